The SMILES string of the molecule is CCC/C(C#N)=C(\CC)CCC. The van der Waals surface area contributed by atoms with Crippen molar-refractivity contribution in [3.8, 4) is 6.07 Å². The molecule has 0 aliphatic rings. The Balaban J connectivity index is 4.40. The molecule has 0 radical (unpaired) electrons. The molecule has 0 rings (SSSR count). The van der Waals surface area contributed by atoms with Crippen LogP contribution in [0.2, 0.25) is 0 Å². The van der Waals surface area contributed by atoms with Crippen LogP contribution in [0.5, 0.6) is 0 Å². The molecule has 0 N–H and O–H groups in total. The van der Waals surface area contributed by atoms with Crippen LogP contribution in [0.25, 0.3) is 0 Å². The maximum Gasteiger partial charge on any atom is 0.0946 e. The molecule has 0 fully saturated rings. The number of allylic oxidation sites excluding steroid dienone is 2. The van der Waals surface area contributed by atoms with E-state index >= 15 is 0 Å². The van der Waals surface area contributed by atoms with Gasteiger partial charge in [-0.2, -0.15) is 5.26 Å². The van der Waals surface area contributed by atoms with Crippen LogP contribution < -0.4 is 0 Å². The predicted octanol–water partition coefficient (Wildman–Crippen LogP) is 3.82. The van der Waals surface area contributed by atoms with E-state index in [2.05, 4.69) is 26.8 Å². The maximum atomic E-state index is 8.88. The molecular formula is C11H19N. The average molecular weight is 165 g/mol. The Morgan fingerprint density at radius 2 is 1.67 bits per heavy atom. The molecule has 0 atom stereocenters. The van der Waals surface area contributed by atoms with E-state index in [1.54, 1.807) is 0 Å². The normalized spacial score (nSPS) is 12.2. The lowest BCUT2D eigenvalue weighted by molar-refractivity contribution is 0.818. The Kier molecular flexibility index (Phi) is 6.47. The first-order valence-electron chi connectivity index (χ1n) is 4.91. The number of hydrogen-bond acceptors (Lipinski definition) is 1. The number of nitrogens with zero attached hydrogens (tertiary/aromatic N) is 1. The van der Waals surface area contributed by atoms with Crippen molar-refractivity contribution in [1.82, 2.24) is 0 Å². The third kappa shape index (κ3) is 3.57. The highest BCUT2D eigenvalue weighted by Gasteiger charge is 2.02. The molecule has 0 saturated heterocycles. The monoisotopic (exact) mass is 165 g/mol. The Morgan fingerprint density at radius 1 is 1.08 bits per heavy atom. The van der Waals surface area contributed by atoms with Crippen molar-refractivity contribution in [1.29, 1.82) is 5.26 Å². The van der Waals surface area contributed by atoms with Gasteiger partial charge < -0.3 is 0 Å². The topological polar surface area (TPSA) is 23.8 Å². The molecular weight excluding hydrogens is 146 g/mol. The lowest BCUT2D eigenvalue weighted by Gasteiger charge is -2.05. The molecule has 68 valence electrons. The highest BCUT2D eigenvalue weighted by Crippen LogP contribution is 2.18. The molecule has 0 saturated carbocycles. The minimum Gasteiger partial charge on any atom is -0.193 e. The zero-order valence-corrected chi connectivity index (χ0v) is 8.48. The van der Waals surface area contributed by atoms with E-state index < -0.39 is 0 Å². The summed E-state index contributed by atoms with van der Waals surface area (Å²) in [5.74, 6) is 0. The van der Waals surface area contributed by atoms with Crippen molar-refractivity contribution in [3.05, 3.63) is 11.1 Å². The Labute approximate surface area is 76.1 Å². The second-order valence-corrected chi connectivity index (χ2v) is 3.05. The van der Waals surface area contributed by atoms with Gasteiger partial charge in [0.25, 0.3) is 0 Å². The van der Waals surface area contributed by atoms with Gasteiger partial charge in [0.15, 0.2) is 0 Å². The van der Waals surface area contributed by atoms with Crippen molar-refractivity contribution in [2.45, 2.75) is 52.9 Å². The predicted molar refractivity (Wildman–Crippen MR) is 52.7 cm³/mol. The summed E-state index contributed by atoms with van der Waals surface area (Å²) >= 11 is 0. The Morgan fingerprint density at radius 3 is 2.00 bits per heavy atom. The summed E-state index contributed by atoms with van der Waals surface area (Å²) in [5.41, 5.74) is 2.39. The highest BCUT2D eigenvalue weighted by atomic mass is 14.3. The molecule has 0 aliphatic heterocycles. The van der Waals surface area contributed by atoms with E-state index in [-0.39, 0.29) is 0 Å². The molecule has 12 heavy (non-hydrogen) atoms. The first kappa shape index (κ1) is 11.2. The Hall–Kier alpha value is -0.770. The van der Waals surface area contributed by atoms with Gasteiger partial charge in [-0.25, -0.2) is 0 Å². The molecule has 0 aromatic rings. The summed E-state index contributed by atoms with van der Waals surface area (Å²) in [6.07, 6.45) is 5.32. The van der Waals surface area contributed by atoms with Gasteiger partial charge in [0.2, 0.25) is 0 Å². The van der Waals surface area contributed by atoms with Gasteiger partial charge in [-0.15, -0.1) is 0 Å². The number of hydrogen-bond donors (Lipinski definition) is 0. The van der Waals surface area contributed by atoms with Crippen LogP contribution >= 0.6 is 0 Å². The van der Waals surface area contributed by atoms with Crippen molar-refractivity contribution >= 4 is 0 Å². The standard InChI is InChI=1S/C11H19N/c1-4-7-10(6-3)11(9-12)8-5-2/h4-8H2,1-3H3/b11-10-. The van der Waals surface area contributed by atoms with Gasteiger partial charge in [-0.1, -0.05) is 39.2 Å². The molecule has 0 aromatic heterocycles. The fourth-order valence-electron chi connectivity index (χ4n) is 1.40. The molecule has 0 spiro atoms. The van der Waals surface area contributed by atoms with E-state index in [9.17, 15) is 0 Å². The van der Waals surface area contributed by atoms with Crippen molar-refractivity contribution in [2.24, 2.45) is 0 Å². The average Bonchev–Trinajstić information content (AvgIpc) is 2.11. The van der Waals surface area contributed by atoms with Crippen LogP contribution in [0.3, 0.4) is 0 Å². The zero-order chi connectivity index (χ0) is 9.40. The van der Waals surface area contributed by atoms with Gasteiger partial charge in [0.05, 0.1) is 6.07 Å². The summed E-state index contributed by atoms with van der Waals surface area (Å²) in [4.78, 5) is 0. The number of nitriles is 1. The molecule has 1 heteroatoms. The minimum absolute atomic E-state index is 0.958. The molecule has 0 aliphatic carbocycles. The summed E-state index contributed by atoms with van der Waals surface area (Å²) in [7, 11) is 0. The quantitative estimate of drug-likeness (QED) is 0.568. The van der Waals surface area contributed by atoms with E-state index in [4.69, 9.17) is 5.26 Å². The van der Waals surface area contributed by atoms with Crippen molar-refractivity contribution < 1.29 is 0 Å². The van der Waals surface area contributed by atoms with Crippen LogP contribution in [0, 0.1) is 11.3 Å². The lowest BCUT2D eigenvalue weighted by atomic mass is 9.99. The lowest BCUT2D eigenvalue weighted by Crippen LogP contribution is -1.89. The van der Waals surface area contributed by atoms with Crippen molar-refractivity contribution in [2.75, 3.05) is 0 Å². The fourth-order valence-corrected chi connectivity index (χ4v) is 1.40. The molecule has 0 amide bonds. The van der Waals surface area contributed by atoms with Crippen LogP contribution in [-0.4, -0.2) is 0 Å². The third-order valence-electron chi connectivity index (χ3n) is 2.04. The first-order valence-corrected chi connectivity index (χ1v) is 4.91. The summed E-state index contributed by atoms with van der Waals surface area (Å²) in [5, 5.41) is 8.88. The molecule has 0 unspecified atom stereocenters. The van der Waals surface area contributed by atoms with E-state index in [1.165, 1.54) is 5.57 Å². The maximum absolute atomic E-state index is 8.88. The first-order chi connectivity index (χ1) is 5.79. The van der Waals surface area contributed by atoms with Crippen molar-refractivity contribution in [3.63, 3.8) is 0 Å². The van der Waals surface area contributed by atoms with Gasteiger partial charge in [0.1, 0.15) is 0 Å². The second kappa shape index (κ2) is 6.91. The molecule has 0 heterocycles. The summed E-state index contributed by atoms with van der Waals surface area (Å²) in [6.45, 7) is 6.42. The largest absolute Gasteiger partial charge is 0.193 e. The summed E-state index contributed by atoms with van der Waals surface area (Å²) < 4.78 is 0. The minimum atomic E-state index is 0.958. The molecule has 1 nitrogen and oxygen atoms in total. The van der Waals surface area contributed by atoms with Crippen LogP contribution in [0.15, 0.2) is 11.1 Å². The van der Waals surface area contributed by atoms with Crippen LogP contribution in [0.1, 0.15) is 52.9 Å². The Bertz CT molecular complexity index is 184. The number of rotatable bonds is 5. The zero-order valence-electron chi connectivity index (χ0n) is 8.48. The smallest absolute Gasteiger partial charge is 0.0946 e. The van der Waals surface area contributed by atoms with E-state index in [0.29, 0.717) is 0 Å². The van der Waals surface area contributed by atoms with Crippen LogP contribution in [-0.2, 0) is 0 Å². The van der Waals surface area contributed by atoms with Gasteiger partial charge in [-0.05, 0) is 19.3 Å². The molecule has 0 bridgehead atoms. The van der Waals surface area contributed by atoms with Gasteiger partial charge in [0, 0.05) is 5.57 Å². The summed E-state index contributed by atoms with van der Waals surface area (Å²) in [6, 6.07) is 2.32. The molecule has 0 aromatic carbocycles. The van der Waals surface area contributed by atoms with Crippen LogP contribution in [0.4, 0.5) is 0 Å². The van der Waals surface area contributed by atoms with E-state index in [0.717, 1.165) is 37.7 Å². The van der Waals surface area contributed by atoms with Gasteiger partial charge in [-0.3, -0.25) is 0 Å². The highest BCUT2D eigenvalue weighted by molar-refractivity contribution is 5.27. The second-order valence-electron chi connectivity index (χ2n) is 3.05. The fraction of sp³-hybridized carbons (Fsp3) is 0.727. The third-order valence-corrected chi connectivity index (χ3v) is 2.04. The van der Waals surface area contributed by atoms with E-state index in [1.807, 2.05) is 0 Å². The van der Waals surface area contributed by atoms with Gasteiger partial charge >= 0.3 is 0 Å².